The number of hydrogen-bond acceptors (Lipinski definition) is 5. The van der Waals surface area contributed by atoms with Gasteiger partial charge in [-0.05, 0) is 42.7 Å². The van der Waals surface area contributed by atoms with Crippen LogP contribution in [0.25, 0.3) is 5.69 Å². The highest BCUT2D eigenvalue weighted by Crippen LogP contribution is 2.19. The Kier molecular flexibility index (Phi) is 6.09. The van der Waals surface area contributed by atoms with E-state index in [4.69, 9.17) is 4.74 Å². The second kappa shape index (κ2) is 9.09. The number of carbonyl (C=O) groups is 1. The van der Waals surface area contributed by atoms with Gasteiger partial charge in [0.1, 0.15) is 0 Å². The molecule has 1 amide bonds. The van der Waals surface area contributed by atoms with Crippen molar-refractivity contribution in [3.63, 3.8) is 0 Å². The first-order valence-corrected chi connectivity index (χ1v) is 10.2. The van der Waals surface area contributed by atoms with Crippen LogP contribution in [-0.4, -0.2) is 59.2 Å². The minimum Gasteiger partial charge on any atom is -0.378 e. The molecule has 0 bridgehead atoms. The molecule has 0 saturated carbocycles. The zero-order valence-electron chi connectivity index (χ0n) is 17.4. The minimum atomic E-state index is -0.135. The van der Waals surface area contributed by atoms with Gasteiger partial charge in [0.15, 0.2) is 5.69 Å². The molecule has 7 heteroatoms. The van der Waals surface area contributed by atoms with Crippen LogP contribution < -0.4 is 4.90 Å². The molecule has 0 N–H and O–H groups in total. The lowest BCUT2D eigenvalue weighted by atomic mass is 10.1. The van der Waals surface area contributed by atoms with E-state index in [1.807, 2.05) is 49.3 Å². The maximum absolute atomic E-state index is 13.3. The summed E-state index contributed by atoms with van der Waals surface area (Å²) in [7, 11) is 4.02. The monoisotopic (exact) mass is 405 g/mol. The molecule has 1 aliphatic heterocycles. The fourth-order valence-electron chi connectivity index (χ4n) is 3.58. The van der Waals surface area contributed by atoms with Crippen molar-refractivity contribution in [3.8, 4) is 5.69 Å². The van der Waals surface area contributed by atoms with Crippen LogP contribution in [0.15, 0.2) is 60.8 Å². The topological polar surface area (TPSA) is 63.5 Å². The van der Waals surface area contributed by atoms with Gasteiger partial charge in [0.25, 0.3) is 5.91 Å². The molecule has 4 rings (SSSR count). The zero-order chi connectivity index (χ0) is 20.9. The fourth-order valence-corrected chi connectivity index (χ4v) is 3.58. The predicted octanol–water partition coefficient (Wildman–Crippen LogP) is 3.15. The highest BCUT2D eigenvalue weighted by Gasteiger charge is 2.25. The Labute approximate surface area is 176 Å². The van der Waals surface area contributed by atoms with E-state index in [2.05, 4.69) is 39.4 Å². The summed E-state index contributed by atoms with van der Waals surface area (Å²) in [6.07, 6.45) is 3.61. The average molecular weight is 406 g/mol. The molecule has 0 unspecified atom stereocenters. The third-order valence-corrected chi connectivity index (χ3v) is 5.26. The van der Waals surface area contributed by atoms with Crippen LogP contribution in [0, 0.1) is 0 Å². The van der Waals surface area contributed by atoms with Gasteiger partial charge in [-0.2, -0.15) is 9.90 Å². The number of amides is 1. The number of hydrogen-bond donors (Lipinski definition) is 0. The van der Waals surface area contributed by atoms with Gasteiger partial charge >= 0.3 is 0 Å². The molecule has 7 nitrogen and oxygen atoms in total. The van der Waals surface area contributed by atoms with Gasteiger partial charge in [-0.15, -0.1) is 5.10 Å². The first-order valence-electron chi connectivity index (χ1n) is 10.2. The third kappa shape index (κ3) is 4.68. The molecule has 1 aromatic heterocycles. The van der Waals surface area contributed by atoms with Crippen molar-refractivity contribution in [3.05, 3.63) is 72.1 Å². The minimum absolute atomic E-state index is 0.0687. The van der Waals surface area contributed by atoms with Gasteiger partial charge in [-0.3, -0.25) is 4.79 Å². The van der Waals surface area contributed by atoms with Crippen molar-refractivity contribution >= 4 is 11.6 Å². The van der Waals surface area contributed by atoms with Crippen LogP contribution in [0.1, 0.15) is 28.9 Å². The molecule has 0 aliphatic carbocycles. The van der Waals surface area contributed by atoms with Gasteiger partial charge in [-0.1, -0.05) is 30.3 Å². The summed E-state index contributed by atoms with van der Waals surface area (Å²) in [5, 5.41) is 8.70. The molecule has 2 heterocycles. The van der Waals surface area contributed by atoms with Crippen LogP contribution in [-0.2, 0) is 11.3 Å². The number of rotatable bonds is 7. The first kappa shape index (κ1) is 20.1. The first-order chi connectivity index (χ1) is 14.6. The fraction of sp³-hybridized carbons (Fsp3) is 0.348. The van der Waals surface area contributed by atoms with Crippen molar-refractivity contribution in [1.29, 1.82) is 0 Å². The summed E-state index contributed by atoms with van der Waals surface area (Å²) in [5.41, 5.74) is 3.35. The lowest BCUT2D eigenvalue weighted by Crippen LogP contribution is -2.37. The Morgan fingerprint density at radius 2 is 1.90 bits per heavy atom. The molecule has 1 aliphatic rings. The molecule has 2 aromatic carbocycles. The van der Waals surface area contributed by atoms with E-state index >= 15 is 0 Å². The molecule has 30 heavy (non-hydrogen) atoms. The summed E-state index contributed by atoms with van der Waals surface area (Å²) >= 11 is 0. The molecule has 1 atom stereocenters. The number of aromatic nitrogens is 3. The normalized spacial score (nSPS) is 15.9. The second-order valence-corrected chi connectivity index (χ2v) is 7.74. The van der Waals surface area contributed by atoms with Gasteiger partial charge in [0.05, 0.1) is 18.0 Å². The largest absolute Gasteiger partial charge is 0.378 e. The van der Waals surface area contributed by atoms with Crippen molar-refractivity contribution in [2.75, 3.05) is 32.1 Å². The Hall–Kier alpha value is -3.19. The van der Waals surface area contributed by atoms with E-state index in [9.17, 15) is 4.79 Å². The maximum Gasteiger partial charge on any atom is 0.276 e. The van der Waals surface area contributed by atoms with E-state index < -0.39 is 0 Å². The zero-order valence-corrected chi connectivity index (χ0v) is 17.4. The van der Waals surface area contributed by atoms with Crippen LogP contribution in [0.2, 0.25) is 0 Å². The Morgan fingerprint density at radius 3 is 2.57 bits per heavy atom. The number of benzene rings is 2. The van der Waals surface area contributed by atoms with Gasteiger partial charge in [-0.25, -0.2) is 0 Å². The summed E-state index contributed by atoms with van der Waals surface area (Å²) in [4.78, 5) is 18.7. The molecule has 3 aromatic rings. The molecule has 0 spiro atoms. The van der Waals surface area contributed by atoms with Crippen LogP contribution in [0.3, 0.4) is 0 Å². The Balaban J connectivity index is 1.54. The summed E-state index contributed by atoms with van der Waals surface area (Å²) in [5.74, 6) is -0.135. The van der Waals surface area contributed by atoms with Crippen LogP contribution >= 0.6 is 0 Å². The van der Waals surface area contributed by atoms with Gasteiger partial charge < -0.3 is 14.5 Å². The average Bonchev–Trinajstić information content (AvgIpc) is 3.46. The van der Waals surface area contributed by atoms with E-state index in [0.29, 0.717) is 18.8 Å². The quantitative estimate of drug-likeness (QED) is 0.604. The van der Waals surface area contributed by atoms with Crippen LogP contribution in [0.5, 0.6) is 0 Å². The standard InChI is InChI=1S/C23H27N5O2/c1-26(2)19-12-10-18(11-13-19)16-27(17-21-9-6-14-30-21)23(29)22-15-24-28(25-22)20-7-4-3-5-8-20/h3-5,7-8,10-13,15,21H,6,9,14,16-17H2,1-2H3/t21-/m1/s1. The lowest BCUT2D eigenvalue weighted by Gasteiger charge is -2.25. The number of para-hydroxylation sites is 1. The van der Waals surface area contributed by atoms with Crippen molar-refractivity contribution < 1.29 is 9.53 Å². The summed E-state index contributed by atoms with van der Waals surface area (Å²) in [6.45, 7) is 1.81. The SMILES string of the molecule is CN(C)c1ccc(CN(C[C@H]2CCCO2)C(=O)c2cnn(-c3ccccc3)n2)cc1. The second-order valence-electron chi connectivity index (χ2n) is 7.74. The lowest BCUT2D eigenvalue weighted by molar-refractivity contribution is 0.0502. The van der Waals surface area contributed by atoms with E-state index in [-0.39, 0.29) is 12.0 Å². The molecule has 0 radical (unpaired) electrons. The smallest absolute Gasteiger partial charge is 0.276 e. The van der Waals surface area contributed by atoms with Crippen molar-refractivity contribution in [2.45, 2.75) is 25.5 Å². The summed E-state index contributed by atoms with van der Waals surface area (Å²) in [6, 6.07) is 17.8. The number of ether oxygens (including phenoxy) is 1. The predicted molar refractivity (Wildman–Crippen MR) is 116 cm³/mol. The molecule has 156 valence electrons. The maximum atomic E-state index is 13.3. The highest BCUT2D eigenvalue weighted by molar-refractivity contribution is 5.92. The van der Waals surface area contributed by atoms with Gasteiger partial charge in [0, 0.05) is 39.5 Å². The number of carbonyl (C=O) groups excluding carboxylic acids is 1. The third-order valence-electron chi connectivity index (χ3n) is 5.26. The Bertz CT molecular complexity index is 963. The Morgan fingerprint density at radius 1 is 1.13 bits per heavy atom. The molecule has 1 saturated heterocycles. The molecule has 1 fully saturated rings. The van der Waals surface area contributed by atoms with E-state index in [1.54, 1.807) is 0 Å². The number of anilines is 1. The molecular formula is C23H27N5O2. The molecular weight excluding hydrogens is 378 g/mol. The summed E-state index contributed by atoms with van der Waals surface area (Å²) < 4.78 is 5.79. The van der Waals surface area contributed by atoms with Crippen molar-refractivity contribution in [2.24, 2.45) is 0 Å². The van der Waals surface area contributed by atoms with Crippen molar-refractivity contribution in [1.82, 2.24) is 19.9 Å². The van der Waals surface area contributed by atoms with Crippen LogP contribution in [0.4, 0.5) is 5.69 Å². The van der Waals surface area contributed by atoms with E-state index in [0.717, 1.165) is 36.4 Å². The van der Waals surface area contributed by atoms with Gasteiger partial charge in [0.2, 0.25) is 0 Å². The van der Waals surface area contributed by atoms with E-state index in [1.165, 1.54) is 11.0 Å². The number of nitrogens with zero attached hydrogens (tertiary/aromatic N) is 5. The highest BCUT2D eigenvalue weighted by atomic mass is 16.5.